The Morgan fingerprint density at radius 2 is 2.00 bits per heavy atom. The van der Waals surface area contributed by atoms with Crippen molar-refractivity contribution in [2.45, 2.75) is 17.4 Å². The smallest absolute Gasteiger partial charge is 0.240 e. The first-order valence-electron chi connectivity index (χ1n) is 5.06. The molecule has 0 saturated carbocycles. The highest BCUT2D eigenvalue weighted by Gasteiger charge is 2.22. The topological polar surface area (TPSA) is 58.2 Å². The average molecular weight is 261 g/mol. The third-order valence-corrected chi connectivity index (χ3v) is 4.29. The van der Waals surface area contributed by atoms with Crippen LogP contribution in [0, 0.1) is 0 Å². The van der Waals surface area contributed by atoms with Gasteiger partial charge in [-0.15, -0.1) is 0 Å². The fourth-order valence-electron chi connectivity index (χ4n) is 1.66. The first-order chi connectivity index (χ1) is 7.58. The van der Waals surface area contributed by atoms with Crippen LogP contribution >= 0.6 is 11.6 Å². The average Bonchev–Trinajstić information content (AvgIpc) is 2.70. The highest BCUT2D eigenvalue weighted by atomic mass is 35.5. The molecule has 4 nitrogen and oxygen atoms in total. The van der Waals surface area contributed by atoms with Crippen LogP contribution in [0.15, 0.2) is 29.2 Å². The zero-order valence-corrected chi connectivity index (χ0v) is 10.2. The highest BCUT2D eigenvalue weighted by Crippen LogP contribution is 2.14. The van der Waals surface area contributed by atoms with E-state index in [-0.39, 0.29) is 10.9 Å². The van der Waals surface area contributed by atoms with Gasteiger partial charge in [-0.1, -0.05) is 11.6 Å². The van der Waals surface area contributed by atoms with Crippen LogP contribution in [0.2, 0.25) is 5.02 Å². The molecule has 88 valence electrons. The Balaban J connectivity index is 2.14. The Hall–Kier alpha value is -0.620. The van der Waals surface area contributed by atoms with Crippen LogP contribution in [0.3, 0.4) is 0 Å². The Kier molecular flexibility index (Phi) is 3.49. The number of sulfonamides is 1. The lowest BCUT2D eigenvalue weighted by molar-refractivity contribution is 0.560. The van der Waals surface area contributed by atoms with Gasteiger partial charge in [-0.05, 0) is 37.2 Å². The van der Waals surface area contributed by atoms with Crippen LogP contribution in [0.1, 0.15) is 6.42 Å². The molecule has 16 heavy (non-hydrogen) atoms. The number of hydrogen-bond acceptors (Lipinski definition) is 3. The molecule has 1 aliphatic heterocycles. The third-order valence-electron chi connectivity index (χ3n) is 2.51. The maximum Gasteiger partial charge on any atom is 0.240 e. The number of hydrogen-bond donors (Lipinski definition) is 2. The van der Waals surface area contributed by atoms with Crippen molar-refractivity contribution in [1.82, 2.24) is 10.0 Å². The van der Waals surface area contributed by atoms with E-state index in [4.69, 9.17) is 11.6 Å². The molecule has 0 unspecified atom stereocenters. The number of halogens is 1. The van der Waals surface area contributed by atoms with Gasteiger partial charge in [0.2, 0.25) is 10.0 Å². The molecule has 1 saturated heterocycles. The van der Waals surface area contributed by atoms with Gasteiger partial charge in [0.05, 0.1) is 4.90 Å². The molecule has 0 aliphatic carbocycles. The van der Waals surface area contributed by atoms with E-state index in [9.17, 15) is 8.42 Å². The van der Waals surface area contributed by atoms with E-state index >= 15 is 0 Å². The molecular weight excluding hydrogens is 248 g/mol. The SMILES string of the molecule is O=S(=O)(N[C@@H]1CCNC1)c1ccc(Cl)cc1. The van der Waals surface area contributed by atoms with Gasteiger partial charge >= 0.3 is 0 Å². The Morgan fingerprint density at radius 3 is 2.56 bits per heavy atom. The fraction of sp³-hybridized carbons (Fsp3) is 0.400. The summed E-state index contributed by atoms with van der Waals surface area (Å²) in [5.41, 5.74) is 0. The number of nitrogens with one attached hydrogen (secondary N) is 2. The summed E-state index contributed by atoms with van der Waals surface area (Å²) in [6.45, 7) is 1.54. The molecular formula is C10H13ClN2O2S. The molecule has 6 heteroatoms. The molecule has 2 rings (SSSR count). The maximum atomic E-state index is 11.9. The van der Waals surface area contributed by atoms with Gasteiger partial charge in [-0.2, -0.15) is 0 Å². The standard InChI is InChI=1S/C10H13ClN2O2S/c11-8-1-3-10(4-2-8)16(14,15)13-9-5-6-12-7-9/h1-4,9,12-13H,5-7H2/t9-/m1/s1. The molecule has 1 fully saturated rings. The minimum absolute atomic E-state index is 0.0133. The van der Waals surface area contributed by atoms with Crippen molar-refractivity contribution in [1.29, 1.82) is 0 Å². The lowest BCUT2D eigenvalue weighted by Gasteiger charge is -2.11. The van der Waals surface area contributed by atoms with Gasteiger partial charge in [0.25, 0.3) is 0 Å². The van der Waals surface area contributed by atoms with Gasteiger partial charge in [0, 0.05) is 17.6 Å². The number of benzene rings is 1. The van der Waals surface area contributed by atoms with E-state index in [1.165, 1.54) is 12.1 Å². The lowest BCUT2D eigenvalue weighted by Crippen LogP contribution is -2.36. The van der Waals surface area contributed by atoms with Crippen molar-refractivity contribution in [2.24, 2.45) is 0 Å². The lowest BCUT2D eigenvalue weighted by atomic mass is 10.3. The minimum Gasteiger partial charge on any atom is -0.315 e. The quantitative estimate of drug-likeness (QED) is 0.852. The van der Waals surface area contributed by atoms with Gasteiger partial charge < -0.3 is 5.32 Å². The summed E-state index contributed by atoms with van der Waals surface area (Å²) in [5.74, 6) is 0. The van der Waals surface area contributed by atoms with Crippen molar-refractivity contribution in [3.8, 4) is 0 Å². The summed E-state index contributed by atoms with van der Waals surface area (Å²) in [5, 5.41) is 3.64. The predicted octanol–water partition coefficient (Wildman–Crippen LogP) is 0.980. The van der Waals surface area contributed by atoms with E-state index in [1.807, 2.05) is 0 Å². The number of rotatable bonds is 3. The Bertz CT molecular complexity index is 452. The van der Waals surface area contributed by atoms with Crippen LogP contribution in [0.25, 0.3) is 0 Å². The maximum absolute atomic E-state index is 11.9. The largest absolute Gasteiger partial charge is 0.315 e. The van der Waals surface area contributed by atoms with E-state index < -0.39 is 10.0 Å². The molecule has 0 spiro atoms. The van der Waals surface area contributed by atoms with Crippen LogP contribution in [0.4, 0.5) is 0 Å². The summed E-state index contributed by atoms with van der Waals surface area (Å²) in [6, 6.07) is 6.15. The first-order valence-corrected chi connectivity index (χ1v) is 6.93. The summed E-state index contributed by atoms with van der Waals surface area (Å²) in [6.07, 6.45) is 0.826. The molecule has 2 N–H and O–H groups in total. The van der Waals surface area contributed by atoms with Crippen molar-refractivity contribution >= 4 is 21.6 Å². The summed E-state index contributed by atoms with van der Waals surface area (Å²) in [7, 11) is -3.41. The van der Waals surface area contributed by atoms with Gasteiger partial charge in [0.15, 0.2) is 0 Å². The first kappa shape index (κ1) is 11.9. The Labute approximate surface area is 100 Å². The van der Waals surface area contributed by atoms with Gasteiger partial charge in [0.1, 0.15) is 0 Å². The second-order valence-electron chi connectivity index (χ2n) is 3.76. The molecule has 1 heterocycles. The van der Waals surface area contributed by atoms with Crippen LogP contribution in [-0.4, -0.2) is 27.5 Å². The van der Waals surface area contributed by atoms with Gasteiger partial charge in [-0.25, -0.2) is 13.1 Å². The third kappa shape index (κ3) is 2.74. The summed E-state index contributed by atoms with van der Waals surface area (Å²) in [4.78, 5) is 0.254. The van der Waals surface area contributed by atoms with E-state index in [0.717, 1.165) is 13.0 Å². The summed E-state index contributed by atoms with van der Waals surface area (Å²) >= 11 is 5.71. The summed E-state index contributed by atoms with van der Waals surface area (Å²) < 4.78 is 26.5. The monoisotopic (exact) mass is 260 g/mol. The van der Waals surface area contributed by atoms with E-state index in [2.05, 4.69) is 10.0 Å². The molecule has 0 aromatic heterocycles. The van der Waals surface area contributed by atoms with E-state index in [1.54, 1.807) is 12.1 Å². The molecule has 1 aromatic rings. The second kappa shape index (κ2) is 4.71. The van der Waals surface area contributed by atoms with Crippen LogP contribution in [0.5, 0.6) is 0 Å². The van der Waals surface area contributed by atoms with E-state index in [0.29, 0.717) is 11.6 Å². The zero-order valence-electron chi connectivity index (χ0n) is 8.61. The zero-order chi connectivity index (χ0) is 11.6. The van der Waals surface area contributed by atoms with Crippen molar-refractivity contribution in [3.63, 3.8) is 0 Å². The van der Waals surface area contributed by atoms with Crippen molar-refractivity contribution < 1.29 is 8.42 Å². The van der Waals surface area contributed by atoms with Gasteiger partial charge in [-0.3, -0.25) is 0 Å². The predicted molar refractivity (Wildman–Crippen MR) is 63.0 cm³/mol. The second-order valence-corrected chi connectivity index (χ2v) is 5.92. The highest BCUT2D eigenvalue weighted by molar-refractivity contribution is 7.89. The van der Waals surface area contributed by atoms with Crippen molar-refractivity contribution in [2.75, 3.05) is 13.1 Å². The minimum atomic E-state index is -3.41. The molecule has 1 aromatic carbocycles. The Morgan fingerprint density at radius 1 is 1.31 bits per heavy atom. The molecule has 1 aliphatic rings. The molecule has 0 radical (unpaired) electrons. The van der Waals surface area contributed by atoms with Crippen molar-refractivity contribution in [3.05, 3.63) is 29.3 Å². The molecule has 0 bridgehead atoms. The molecule has 1 atom stereocenters. The van der Waals surface area contributed by atoms with Crippen LogP contribution < -0.4 is 10.0 Å². The fourth-order valence-corrected chi connectivity index (χ4v) is 3.05. The van der Waals surface area contributed by atoms with Crippen LogP contribution in [-0.2, 0) is 10.0 Å². The normalized spacial score (nSPS) is 21.2. The molecule has 0 amide bonds.